The summed E-state index contributed by atoms with van der Waals surface area (Å²) in [5.41, 5.74) is -0.0977. The summed E-state index contributed by atoms with van der Waals surface area (Å²) >= 11 is 6.10. The lowest BCUT2D eigenvalue weighted by Crippen LogP contribution is -2.26. The second kappa shape index (κ2) is 6.56. The molecule has 0 amide bonds. The van der Waals surface area contributed by atoms with E-state index in [0.717, 1.165) is 24.5 Å². The molecule has 0 radical (unpaired) electrons. The van der Waals surface area contributed by atoms with Crippen LogP contribution in [-0.4, -0.2) is 16.0 Å². The lowest BCUT2D eigenvalue weighted by molar-refractivity contribution is 0.436. The summed E-state index contributed by atoms with van der Waals surface area (Å²) in [6.07, 6.45) is 2.32. The van der Waals surface area contributed by atoms with Crippen LogP contribution in [0.1, 0.15) is 60.2 Å². The van der Waals surface area contributed by atoms with Gasteiger partial charge in [-0.2, -0.15) is 0 Å². The van der Waals surface area contributed by atoms with Crippen molar-refractivity contribution in [2.75, 3.05) is 5.32 Å². The minimum absolute atomic E-state index is 0.0977. The second-order valence-corrected chi connectivity index (χ2v) is 6.55. The van der Waals surface area contributed by atoms with Gasteiger partial charge in [0.05, 0.1) is 0 Å². The van der Waals surface area contributed by atoms with Crippen LogP contribution in [0.15, 0.2) is 6.07 Å². The van der Waals surface area contributed by atoms with E-state index in [4.69, 9.17) is 11.6 Å². The molecule has 0 aromatic carbocycles. The molecule has 1 heterocycles. The predicted molar refractivity (Wildman–Crippen MR) is 82.9 cm³/mol. The van der Waals surface area contributed by atoms with Gasteiger partial charge in [-0.3, -0.25) is 0 Å². The highest BCUT2D eigenvalue weighted by Gasteiger charge is 2.20. The standard InChI is InChI=1S/C15H26ClN3/c1-7-11(8-2)10(3)17-13-9-12(16)18-14(19-13)15(4,5)6/h9-11H,7-8H2,1-6H3,(H,17,18,19). The summed E-state index contributed by atoms with van der Waals surface area (Å²) in [7, 11) is 0. The molecule has 0 fully saturated rings. The Morgan fingerprint density at radius 3 is 2.26 bits per heavy atom. The van der Waals surface area contributed by atoms with Crippen LogP contribution in [0.3, 0.4) is 0 Å². The average molecular weight is 284 g/mol. The van der Waals surface area contributed by atoms with Gasteiger partial charge >= 0.3 is 0 Å². The van der Waals surface area contributed by atoms with Crippen molar-refractivity contribution in [3.05, 3.63) is 17.0 Å². The minimum atomic E-state index is -0.0977. The number of hydrogen-bond acceptors (Lipinski definition) is 3. The molecular formula is C15H26ClN3. The van der Waals surface area contributed by atoms with E-state index in [9.17, 15) is 0 Å². The number of hydrogen-bond donors (Lipinski definition) is 1. The van der Waals surface area contributed by atoms with Crippen molar-refractivity contribution in [1.29, 1.82) is 0 Å². The third-order valence-corrected chi connectivity index (χ3v) is 3.69. The highest BCUT2D eigenvalue weighted by atomic mass is 35.5. The summed E-state index contributed by atoms with van der Waals surface area (Å²) in [6, 6.07) is 2.18. The number of anilines is 1. The molecule has 1 N–H and O–H groups in total. The van der Waals surface area contributed by atoms with E-state index in [2.05, 4.69) is 56.8 Å². The number of halogens is 1. The highest BCUT2D eigenvalue weighted by molar-refractivity contribution is 6.29. The molecule has 4 heteroatoms. The van der Waals surface area contributed by atoms with E-state index in [-0.39, 0.29) is 5.41 Å². The van der Waals surface area contributed by atoms with Gasteiger partial charge in [0, 0.05) is 17.5 Å². The van der Waals surface area contributed by atoms with E-state index in [1.807, 2.05) is 0 Å². The number of rotatable bonds is 5. The molecule has 0 saturated carbocycles. The average Bonchev–Trinajstić information content (AvgIpc) is 2.28. The van der Waals surface area contributed by atoms with Crippen molar-refractivity contribution in [3.8, 4) is 0 Å². The van der Waals surface area contributed by atoms with Gasteiger partial charge in [-0.05, 0) is 12.8 Å². The van der Waals surface area contributed by atoms with Crippen LogP contribution in [0.5, 0.6) is 0 Å². The fraction of sp³-hybridized carbons (Fsp3) is 0.733. The second-order valence-electron chi connectivity index (χ2n) is 6.16. The van der Waals surface area contributed by atoms with Crippen molar-refractivity contribution in [2.24, 2.45) is 5.92 Å². The third-order valence-electron chi connectivity index (χ3n) is 3.50. The van der Waals surface area contributed by atoms with Crippen molar-refractivity contribution in [2.45, 2.75) is 65.8 Å². The molecule has 0 aliphatic heterocycles. The Kier molecular flexibility index (Phi) is 5.60. The monoisotopic (exact) mass is 283 g/mol. The summed E-state index contributed by atoms with van der Waals surface area (Å²) in [5.74, 6) is 2.25. The Labute approximate surface area is 122 Å². The van der Waals surface area contributed by atoms with E-state index in [1.54, 1.807) is 6.07 Å². The van der Waals surface area contributed by atoms with Gasteiger partial charge in [0.2, 0.25) is 0 Å². The molecule has 1 unspecified atom stereocenters. The normalized spacial score (nSPS) is 13.7. The van der Waals surface area contributed by atoms with Crippen molar-refractivity contribution < 1.29 is 0 Å². The largest absolute Gasteiger partial charge is 0.367 e. The van der Waals surface area contributed by atoms with Crippen LogP contribution in [0, 0.1) is 5.92 Å². The van der Waals surface area contributed by atoms with Crippen LogP contribution in [-0.2, 0) is 5.41 Å². The first-order valence-electron chi connectivity index (χ1n) is 7.09. The van der Waals surface area contributed by atoms with Crippen molar-refractivity contribution >= 4 is 17.4 Å². The molecule has 0 spiro atoms. The van der Waals surface area contributed by atoms with Crippen LogP contribution in [0.25, 0.3) is 0 Å². The van der Waals surface area contributed by atoms with Crippen LogP contribution >= 0.6 is 11.6 Å². The summed E-state index contributed by atoms with van der Waals surface area (Å²) in [4.78, 5) is 8.90. The maximum Gasteiger partial charge on any atom is 0.137 e. The molecule has 3 nitrogen and oxygen atoms in total. The zero-order valence-corrected chi connectivity index (χ0v) is 13.7. The summed E-state index contributed by atoms with van der Waals surface area (Å²) in [6.45, 7) is 12.9. The first kappa shape index (κ1) is 16.2. The van der Waals surface area contributed by atoms with Gasteiger partial charge in [-0.25, -0.2) is 9.97 Å². The predicted octanol–water partition coefficient (Wildman–Crippen LogP) is 4.66. The summed E-state index contributed by atoms with van der Waals surface area (Å²) in [5, 5.41) is 3.96. The van der Waals surface area contributed by atoms with Gasteiger partial charge in [-0.15, -0.1) is 0 Å². The maximum atomic E-state index is 6.10. The molecular weight excluding hydrogens is 258 g/mol. The highest BCUT2D eigenvalue weighted by Crippen LogP contribution is 2.24. The molecule has 0 bridgehead atoms. The van der Waals surface area contributed by atoms with Gasteiger partial charge in [0.25, 0.3) is 0 Å². The smallest absolute Gasteiger partial charge is 0.137 e. The Morgan fingerprint density at radius 1 is 1.21 bits per heavy atom. The lowest BCUT2D eigenvalue weighted by Gasteiger charge is -2.24. The third kappa shape index (κ3) is 4.64. The molecule has 108 valence electrons. The Hall–Kier alpha value is -0.830. The molecule has 0 saturated heterocycles. The first-order chi connectivity index (χ1) is 8.77. The molecule has 19 heavy (non-hydrogen) atoms. The fourth-order valence-corrected chi connectivity index (χ4v) is 2.36. The number of aromatic nitrogens is 2. The quantitative estimate of drug-likeness (QED) is 0.799. The molecule has 1 aromatic heterocycles. The van der Waals surface area contributed by atoms with E-state index >= 15 is 0 Å². The fourth-order valence-electron chi connectivity index (χ4n) is 2.17. The van der Waals surface area contributed by atoms with Gasteiger partial charge in [0.15, 0.2) is 0 Å². The Morgan fingerprint density at radius 2 is 1.79 bits per heavy atom. The zero-order valence-electron chi connectivity index (χ0n) is 12.9. The van der Waals surface area contributed by atoms with Gasteiger partial charge in [-0.1, -0.05) is 59.1 Å². The maximum absolute atomic E-state index is 6.10. The van der Waals surface area contributed by atoms with Gasteiger partial charge < -0.3 is 5.32 Å². The minimum Gasteiger partial charge on any atom is -0.367 e. The first-order valence-corrected chi connectivity index (χ1v) is 7.47. The van der Waals surface area contributed by atoms with Gasteiger partial charge in [0.1, 0.15) is 16.8 Å². The van der Waals surface area contributed by atoms with E-state index in [1.165, 1.54) is 0 Å². The molecule has 1 atom stereocenters. The molecule has 1 aromatic rings. The van der Waals surface area contributed by atoms with Crippen LogP contribution < -0.4 is 5.32 Å². The molecule has 1 rings (SSSR count). The Balaban J connectivity index is 2.93. The van der Waals surface area contributed by atoms with Crippen LogP contribution in [0.2, 0.25) is 5.15 Å². The van der Waals surface area contributed by atoms with E-state index in [0.29, 0.717) is 17.1 Å². The van der Waals surface area contributed by atoms with Crippen molar-refractivity contribution in [1.82, 2.24) is 9.97 Å². The SMILES string of the molecule is CCC(CC)C(C)Nc1cc(Cl)nc(C(C)(C)C)n1. The van der Waals surface area contributed by atoms with Crippen molar-refractivity contribution in [3.63, 3.8) is 0 Å². The molecule has 0 aliphatic rings. The van der Waals surface area contributed by atoms with E-state index < -0.39 is 0 Å². The number of nitrogens with zero attached hydrogens (tertiary/aromatic N) is 2. The summed E-state index contributed by atoms with van der Waals surface area (Å²) < 4.78 is 0. The Bertz CT molecular complexity index is 408. The lowest BCUT2D eigenvalue weighted by atomic mass is 9.95. The zero-order chi connectivity index (χ0) is 14.6. The molecule has 0 aliphatic carbocycles. The topological polar surface area (TPSA) is 37.8 Å². The number of nitrogens with one attached hydrogen (secondary N) is 1. The van der Waals surface area contributed by atoms with Crippen LogP contribution in [0.4, 0.5) is 5.82 Å².